The van der Waals surface area contributed by atoms with Gasteiger partial charge >= 0.3 is 5.97 Å². The third-order valence-corrected chi connectivity index (χ3v) is 3.62. The Morgan fingerprint density at radius 2 is 2.15 bits per heavy atom. The predicted molar refractivity (Wildman–Crippen MR) is 73.7 cm³/mol. The number of hydrogen-bond acceptors (Lipinski definition) is 5. The Morgan fingerprint density at radius 1 is 1.40 bits per heavy atom. The topological polar surface area (TPSA) is 89.7 Å². The van der Waals surface area contributed by atoms with E-state index in [0.29, 0.717) is 4.34 Å². The van der Waals surface area contributed by atoms with Crippen LogP contribution < -0.4 is 4.74 Å². The van der Waals surface area contributed by atoms with Gasteiger partial charge in [0, 0.05) is 10.9 Å². The molecule has 0 fully saturated rings. The van der Waals surface area contributed by atoms with Crippen LogP contribution >= 0.6 is 22.9 Å². The zero-order valence-electron chi connectivity index (χ0n) is 9.91. The van der Waals surface area contributed by atoms with E-state index in [4.69, 9.17) is 21.4 Å². The van der Waals surface area contributed by atoms with Crippen LogP contribution in [0.15, 0.2) is 30.3 Å². The first-order valence-electron chi connectivity index (χ1n) is 5.36. The van der Waals surface area contributed by atoms with Gasteiger partial charge in [0.15, 0.2) is 5.56 Å². The highest BCUT2D eigenvalue weighted by molar-refractivity contribution is 7.16. The summed E-state index contributed by atoms with van der Waals surface area (Å²) in [5, 5.41) is 19.9. The molecule has 0 radical (unpaired) electrons. The number of ether oxygens (including phenoxy) is 1. The van der Waals surface area contributed by atoms with Crippen LogP contribution in [-0.4, -0.2) is 16.0 Å². The Bertz CT molecular complexity index is 670. The van der Waals surface area contributed by atoms with Crippen molar-refractivity contribution < 1.29 is 19.6 Å². The average Bonchev–Trinajstić information content (AvgIpc) is 2.81. The van der Waals surface area contributed by atoms with Crippen LogP contribution in [-0.2, 0) is 6.61 Å². The lowest BCUT2D eigenvalue weighted by atomic mass is 10.1. The summed E-state index contributed by atoms with van der Waals surface area (Å²) in [5.41, 5.74) is -0.959. The fraction of sp³-hybridized carbons (Fsp3) is 0.0833. The van der Waals surface area contributed by atoms with Crippen molar-refractivity contribution in [2.24, 2.45) is 0 Å². The van der Waals surface area contributed by atoms with Gasteiger partial charge in [0.2, 0.25) is 0 Å². The lowest BCUT2D eigenvalue weighted by molar-refractivity contribution is -0.385. The molecule has 8 heteroatoms. The molecule has 1 N–H and O–H groups in total. The summed E-state index contributed by atoms with van der Waals surface area (Å²) in [6, 6.07) is 7.31. The third-order valence-electron chi connectivity index (χ3n) is 2.41. The monoisotopic (exact) mass is 313 g/mol. The normalized spacial score (nSPS) is 10.2. The number of nitro benzene ring substituents is 1. The highest BCUT2D eigenvalue weighted by Crippen LogP contribution is 2.30. The molecule has 20 heavy (non-hydrogen) atoms. The quantitative estimate of drug-likeness (QED) is 0.673. The van der Waals surface area contributed by atoms with Crippen LogP contribution in [0.2, 0.25) is 4.34 Å². The number of halogens is 1. The fourth-order valence-corrected chi connectivity index (χ4v) is 2.59. The van der Waals surface area contributed by atoms with E-state index >= 15 is 0 Å². The number of thiophene rings is 1. The number of nitrogens with zero attached hydrogens (tertiary/aromatic N) is 1. The van der Waals surface area contributed by atoms with E-state index in [2.05, 4.69) is 0 Å². The van der Waals surface area contributed by atoms with Crippen molar-refractivity contribution in [3.63, 3.8) is 0 Å². The molecular formula is C12H8ClNO5S. The molecule has 0 amide bonds. The van der Waals surface area contributed by atoms with Gasteiger partial charge in [0.05, 0.1) is 9.26 Å². The van der Waals surface area contributed by atoms with Gasteiger partial charge in [-0.1, -0.05) is 17.7 Å². The van der Waals surface area contributed by atoms with Crippen molar-refractivity contribution in [1.82, 2.24) is 0 Å². The van der Waals surface area contributed by atoms with Crippen molar-refractivity contribution in [3.05, 3.63) is 55.2 Å². The van der Waals surface area contributed by atoms with Crippen LogP contribution in [0.5, 0.6) is 5.75 Å². The Morgan fingerprint density at radius 3 is 2.70 bits per heavy atom. The Labute approximate surface area is 122 Å². The van der Waals surface area contributed by atoms with Gasteiger partial charge < -0.3 is 9.84 Å². The molecule has 1 heterocycles. The minimum atomic E-state index is -1.41. The molecule has 0 aliphatic rings. The minimum absolute atomic E-state index is 0.0452. The van der Waals surface area contributed by atoms with E-state index in [9.17, 15) is 14.9 Å². The number of nitro groups is 1. The summed E-state index contributed by atoms with van der Waals surface area (Å²) in [5.74, 6) is -1.45. The summed E-state index contributed by atoms with van der Waals surface area (Å²) in [7, 11) is 0. The lowest BCUT2D eigenvalue weighted by Gasteiger charge is -2.08. The molecule has 0 saturated heterocycles. The summed E-state index contributed by atoms with van der Waals surface area (Å²) in [6.45, 7) is 0.0961. The van der Waals surface area contributed by atoms with E-state index in [0.717, 1.165) is 10.9 Å². The Kier molecular flexibility index (Phi) is 4.21. The highest BCUT2D eigenvalue weighted by Gasteiger charge is 2.24. The van der Waals surface area contributed by atoms with E-state index in [1.165, 1.54) is 23.5 Å². The van der Waals surface area contributed by atoms with Crippen LogP contribution in [0.1, 0.15) is 15.2 Å². The number of carbonyl (C=O) groups is 1. The van der Waals surface area contributed by atoms with Crippen LogP contribution in [0.25, 0.3) is 0 Å². The largest absolute Gasteiger partial charge is 0.487 e. The molecular weight excluding hydrogens is 306 g/mol. The molecule has 0 unspecified atom stereocenters. The van der Waals surface area contributed by atoms with Gasteiger partial charge in [-0.15, -0.1) is 11.3 Å². The summed E-state index contributed by atoms with van der Waals surface area (Å²) >= 11 is 7.06. The number of aromatic carboxylic acids is 1. The molecule has 0 saturated carbocycles. The molecule has 2 rings (SSSR count). The maximum absolute atomic E-state index is 11.2. The number of carboxylic acid groups (broad SMARTS) is 1. The van der Waals surface area contributed by atoms with Gasteiger partial charge in [-0.2, -0.15) is 0 Å². The van der Waals surface area contributed by atoms with Crippen LogP contribution in [0, 0.1) is 10.1 Å². The minimum Gasteiger partial charge on any atom is -0.487 e. The summed E-state index contributed by atoms with van der Waals surface area (Å²) in [6.07, 6.45) is 0. The second kappa shape index (κ2) is 5.89. The standard InChI is InChI=1S/C12H8ClNO5S/c13-10-5-4-7(20-10)6-19-9-3-1-2-8(14(17)18)11(9)12(15)16/h1-5H,6H2,(H,15,16). The SMILES string of the molecule is O=C(O)c1c(OCc2ccc(Cl)s2)cccc1[N+](=O)[O-]. The van der Waals surface area contributed by atoms with E-state index < -0.39 is 22.1 Å². The first-order valence-corrected chi connectivity index (χ1v) is 6.56. The van der Waals surface area contributed by atoms with E-state index in [1.54, 1.807) is 12.1 Å². The fourth-order valence-electron chi connectivity index (χ4n) is 1.59. The molecule has 1 aromatic carbocycles. The maximum Gasteiger partial charge on any atom is 0.346 e. The molecule has 0 aliphatic heterocycles. The molecule has 1 aromatic heterocycles. The van der Waals surface area contributed by atoms with E-state index in [1.807, 2.05) is 0 Å². The van der Waals surface area contributed by atoms with Crippen LogP contribution in [0.4, 0.5) is 5.69 Å². The number of carboxylic acids is 1. The second-order valence-corrected chi connectivity index (χ2v) is 5.51. The first-order chi connectivity index (χ1) is 9.49. The second-order valence-electron chi connectivity index (χ2n) is 3.71. The zero-order valence-corrected chi connectivity index (χ0v) is 11.5. The Hall–Kier alpha value is -2.12. The first kappa shape index (κ1) is 14.3. The van der Waals surface area contributed by atoms with Crippen molar-refractivity contribution in [2.45, 2.75) is 6.61 Å². The molecule has 0 atom stereocenters. The molecule has 2 aromatic rings. The predicted octanol–water partition coefficient (Wildman–Crippen LogP) is 3.59. The smallest absolute Gasteiger partial charge is 0.346 e. The van der Waals surface area contributed by atoms with Crippen molar-refractivity contribution in [1.29, 1.82) is 0 Å². The lowest BCUT2D eigenvalue weighted by Crippen LogP contribution is -2.06. The average molecular weight is 314 g/mol. The molecule has 0 bridgehead atoms. The molecule has 0 aliphatic carbocycles. The zero-order chi connectivity index (χ0) is 14.7. The summed E-state index contributed by atoms with van der Waals surface area (Å²) < 4.78 is 5.94. The Balaban J connectivity index is 2.29. The number of benzene rings is 1. The van der Waals surface area contributed by atoms with Gasteiger partial charge in [-0.05, 0) is 18.2 Å². The maximum atomic E-state index is 11.2. The van der Waals surface area contributed by atoms with Crippen molar-refractivity contribution in [2.75, 3.05) is 0 Å². The molecule has 6 nitrogen and oxygen atoms in total. The van der Waals surface area contributed by atoms with Crippen LogP contribution in [0.3, 0.4) is 0 Å². The highest BCUT2D eigenvalue weighted by atomic mass is 35.5. The van der Waals surface area contributed by atoms with Gasteiger partial charge in [0.25, 0.3) is 5.69 Å². The van der Waals surface area contributed by atoms with Gasteiger partial charge in [-0.25, -0.2) is 4.79 Å². The number of rotatable bonds is 5. The van der Waals surface area contributed by atoms with E-state index in [-0.39, 0.29) is 12.4 Å². The van der Waals surface area contributed by atoms with Crippen molar-refractivity contribution in [3.8, 4) is 5.75 Å². The van der Waals surface area contributed by atoms with Gasteiger partial charge in [-0.3, -0.25) is 10.1 Å². The third kappa shape index (κ3) is 3.06. The van der Waals surface area contributed by atoms with Crippen molar-refractivity contribution >= 4 is 34.6 Å². The molecule has 104 valence electrons. The molecule has 0 spiro atoms. The number of hydrogen-bond donors (Lipinski definition) is 1. The summed E-state index contributed by atoms with van der Waals surface area (Å²) in [4.78, 5) is 22.0. The van der Waals surface area contributed by atoms with Gasteiger partial charge in [0.1, 0.15) is 12.4 Å².